The summed E-state index contributed by atoms with van der Waals surface area (Å²) in [5, 5.41) is 9.57. The van der Waals surface area contributed by atoms with Crippen LogP contribution in [0, 0.1) is 0 Å². The molecule has 4 aromatic rings. The summed E-state index contributed by atoms with van der Waals surface area (Å²) in [6.45, 7) is 0. The number of para-hydroxylation sites is 1. The summed E-state index contributed by atoms with van der Waals surface area (Å²) in [6.07, 6.45) is 4.25. The first-order chi connectivity index (χ1) is 11.8. The highest BCUT2D eigenvalue weighted by molar-refractivity contribution is 6.02. The van der Waals surface area contributed by atoms with Gasteiger partial charge in [0.25, 0.3) is 0 Å². The largest absolute Gasteiger partial charge is 0.385 e. The van der Waals surface area contributed by atoms with E-state index in [1.165, 1.54) is 12.8 Å². The zero-order valence-corrected chi connectivity index (χ0v) is 13.1. The van der Waals surface area contributed by atoms with Crippen molar-refractivity contribution in [3.05, 3.63) is 54.9 Å². The number of benzene rings is 2. The van der Waals surface area contributed by atoms with Gasteiger partial charge in [-0.05, 0) is 30.5 Å². The minimum atomic E-state index is 0.553. The third-order valence-corrected chi connectivity index (χ3v) is 4.66. The van der Waals surface area contributed by atoms with Gasteiger partial charge in [0.15, 0.2) is 5.82 Å². The summed E-state index contributed by atoms with van der Waals surface area (Å²) in [5.41, 5.74) is 10.5. The zero-order valence-electron chi connectivity index (χ0n) is 13.1. The van der Waals surface area contributed by atoms with E-state index in [0.717, 1.165) is 33.4 Å². The van der Waals surface area contributed by atoms with Gasteiger partial charge in [-0.3, -0.25) is 0 Å². The maximum Gasteiger partial charge on any atom is 0.164 e. The zero-order chi connectivity index (χ0) is 16.1. The summed E-state index contributed by atoms with van der Waals surface area (Å²) >= 11 is 0. The quantitative estimate of drug-likeness (QED) is 0.600. The Morgan fingerprint density at radius 3 is 2.75 bits per heavy atom. The molecule has 0 atom stereocenters. The van der Waals surface area contributed by atoms with Crippen molar-refractivity contribution in [2.45, 2.75) is 18.9 Å². The molecule has 1 aliphatic rings. The van der Waals surface area contributed by atoms with Crippen molar-refractivity contribution in [2.24, 2.45) is 0 Å². The lowest BCUT2D eigenvalue weighted by Gasteiger charge is -2.07. The molecule has 5 heteroatoms. The first-order valence-electron chi connectivity index (χ1n) is 8.18. The predicted octanol–water partition coefficient (Wildman–Crippen LogP) is 4.01. The lowest BCUT2D eigenvalue weighted by atomic mass is 10.0. The van der Waals surface area contributed by atoms with E-state index < -0.39 is 0 Å². The molecule has 1 saturated carbocycles. The monoisotopic (exact) mass is 315 g/mol. The van der Waals surface area contributed by atoms with Crippen LogP contribution in [0.1, 0.15) is 18.9 Å². The van der Waals surface area contributed by atoms with Crippen LogP contribution in [0.4, 0.5) is 5.82 Å². The van der Waals surface area contributed by atoms with Crippen LogP contribution in [0.5, 0.6) is 0 Å². The molecule has 1 aliphatic carbocycles. The fourth-order valence-electron chi connectivity index (χ4n) is 3.36. The molecule has 5 rings (SSSR count). The van der Waals surface area contributed by atoms with Gasteiger partial charge in [-0.25, -0.2) is 0 Å². The van der Waals surface area contributed by atoms with Gasteiger partial charge in [0.1, 0.15) is 12.1 Å². The van der Waals surface area contributed by atoms with Gasteiger partial charge in [0, 0.05) is 28.1 Å². The number of nitrogens with two attached hydrogens (primary N) is 1. The first-order valence-corrected chi connectivity index (χ1v) is 8.18. The van der Waals surface area contributed by atoms with E-state index in [9.17, 15) is 0 Å². The predicted molar refractivity (Wildman–Crippen MR) is 95.4 cm³/mol. The average molecular weight is 315 g/mol. The Bertz CT molecular complexity index is 1040. The number of anilines is 1. The number of aromatic amines is 1. The van der Waals surface area contributed by atoms with Crippen LogP contribution in [0.15, 0.2) is 54.9 Å². The topological polar surface area (TPSA) is 72.5 Å². The second kappa shape index (κ2) is 4.96. The maximum absolute atomic E-state index is 6.25. The van der Waals surface area contributed by atoms with Crippen LogP contribution in [-0.4, -0.2) is 19.7 Å². The van der Waals surface area contributed by atoms with E-state index in [2.05, 4.69) is 50.1 Å². The average Bonchev–Trinajstić information content (AvgIpc) is 3.23. The molecule has 3 N–H and O–H groups in total. The van der Waals surface area contributed by atoms with Crippen molar-refractivity contribution >= 4 is 16.7 Å². The van der Waals surface area contributed by atoms with Gasteiger partial charge in [0.05, 0.1) is 0 Å². The Morgan fingerprint density at radius 2 is 1.88 bits per heavy atom. The van der Waals surface area contributed by atoms with E-state index in [-0.39, 0.29) is 0 Å². The van der Waals surface area contributed by atoms with Gasteiger partial charge >= 0.3 is 0 Å². The number of hydrogen-bond donors (Lipinski definition) is 2. The van der Waals surface area contributed by atoms with Crippen molar-refractivity contribution in [2.75, 3.05) is 5.73 Å². The van der Waals surface area contributed by atoms with Crippen LogP contribution >= 0.6 is 0 Å². The second-order valence-corrected chi connectivity index (χ2v) is 6.33. The van der Waals surface area contributed by atoms with Crippen molar-refractivity contribution in [1.82, 2.24) is 19.7 Å². The van der Waals surface area contributed by atoms with E-state index in [0.29, 0.717) is 11.9 Å². The summed E-state index contributed by atoms with van der Waals surface area (Å²) in [6, 6.07) is 17.1. The molecule has 118 valence electrons. The van der Waals surface area contributed by atoms with Crippen LogP contribution in [-0.2, 0) is 0 Å². The highest BCUT2D eigenvalue weighted by Gasteiger charge is 2.26. The lowest BCUT2D eigenvalue weighted by molar-refractivity contribution is 0.746. The Morgan fingerprint density at radius 1 is 1.04 bits per heavy atom. The molecule has 1 fully saturated rings. The molecule has 24 heavy (non-hydrogen) atoms. The number of nitrogens with zero attached hydrogens (tertiary/aromatic N) is 3. The fraction of sp³-hybridized carbons (Fsp3) is 0.158. The third-order valence-electron chi connectivity index (χ3n) is 4.66. The number of nitrogen functional groups attached to an aromatic ring is 1. The normalized spacial score (nSPS) is 14.3. The maximum atomic E-state index is 6.25. The Kier molecular flexibility index (Phi) is 2.76. The van der Waals surface area contributed by atoms with Gasteiger partial charge in [-0.2, -0.15) is 0 Å². The highest BCUT2D eigenvalue weighted by Crippen LogP contribution is 2.39. The molecule has 0 saturated heterocycles. The fourth-order valence-corrected chi connectivity index (χ4v) is 3.36. The molecule has 5 nitrogen and oxygen atoms in total. The number of hydrogen-bond acceptors (Lipinski definition) is 3. The van der Waals surface area contributed by atoms with E-state index >= 15 is 0 Å². The van der Waals surface area contributed by atoms with Gasteiger partial charge in [-0.15, -0.1) is 10.2 Å². The molecule has 2 heterocycles. The number of aromatic nitrogens is 4. The van der Waals surface area contributed by atoms with Crippen LogP contribution < -0.4 is 5.73 Å². The standard InChI is InChI=1S/C19H17N5/c20-18-17(15-6-1-2-7-16(15)22-18)12-4-3-5-13(10-12)19-23-21-11-24(19)14-8-9-14/h1-7,10-11,14,22H,8-9,20H2. The van der Waals surface area contributed by atoms with Crippen LogP contribution in [0.2, 0.25) is 0 Å². The Balaban J connectivity index is 1.67. The molecular formula is C19H17N5. The Hall–Kier alpha value is -3.08. The summed E-state index contributed by atoms with van der Waals surface area (Å²) in [4.78, 5) is 3.26. The van der Waals surface area contributed by atoms with Gasteiger partial charge in [0.2, 0.25) is 0 Å². The lowest BCUT2D eigenvalue weighted by Crippen LogP contribution is -1.96. The number of rotatable bonds is 3. The smallest absolute Gasteiger partial charge is 0.164 e. The number of nitrogens with one attached hydrogen (secondary N) is 1. The molecule has 2 aromatic carbocycles. The molecule has 2 aromatic heterocycles. The van der Waals surface area contributed by atoms with Crippen LogP contribution in [0.25, 0.3) is 33.4 Å². The van der Waals surface area contributed by atoms with E-state index in [4.69, 9.17) is 5.73 Å². The van der Waals surface area contributed by atoms with Crippen molar-refractivity contribution in [1.29, 1.82) is 0 Å². The van der Waals surface area contributed by atoms with Crippen molar-refractivity contribution in [3.63, 3.8) is 0 Å². The molecule has 0 aliphatic heterocycles. The summed E-state index contributed by atoms with van der Waals surface area (Å²) in [7, 11) is 0. The minimum Gasteiger partial charge on any atom is -0.385 e. The molecule has 0 unspecified atom stereocenters. The highest BCUT2D eigenvalue weighted by atomic mass is 15.3. The van der Waals surface area contributed by atoms with E-state index in [1.807, 2.05) is 24.5 Å². The third kappa shape index (κ3) is 2.01. The van der Waals surface area contributed by atoms with E-state index in [1.54, 1.807) is 0 Å². The van der Waals surface area contributed by atoms with Crippen molar-refractivity contribution in [3.8, 4) is 22.5 Å². The minimum absolute atomic E-state index is 0.553. The molecule has 0 spiro atoms. The SMILES string of the molecule is Nc1[nH]c2ccccc2c1-c1cccc(-c2nncn2C2CC2)c1. The first kappa shape index (κ1) is 13.4. The summed E-state index contributed by atoms with van der Waals surface area (Å²) in [5.74, 6) is 1.62. The molecule has 0 bridgehead atoms. The number of fused-ring (bicyclic) bond motifs is 1. The summed E-state index contributed by atoms with van der Waals surface area (Å²) < 4.78 is 2.18. The molecule has 0 amide bonds. The second-order valence-electron chi connectivity index (χ2n) is 6.33. The molecular weight excluding hydrogens is 298 g/mol. The number of H-pyrrole nitrogens is 1. The Labute approximate surface area is 139 Å². The molecule has 0 radical (unpaired) electrons. The van der Waals surface area contributed by atoms with Gasteiger partial charge in [-0.1, -0.05) is 36.4 Å². The van der Waals surface area contributed by atoms with Crippen molar-refractivity contribution < 1.29 is 0 Å². The van der Waals surface area contributed by atoms with Crippen LogP contribution in [0.3, 0.4) is 0 Å². The van der Waals surface area contributed by atoms with Gasteiger partial charge < -0.3 is 15.3 Å².